The number of hydrogen-bond donors (Lipinski definition) is 1. The molecule has 2 N–H and O–H groups in total. The van der Waals surface area contributed by atoms with E-state index in [2.05, 4.69) is 0 Å². The number of amides is 1. The zero-order chi connectivity index (χ0) is 17.0. The molecule has 0 unspecified atom stereocenters. The topological polar surface area (TPSA) is 49.6 Å². The molecule has 2 aromatic rings. The summed E-state index contributed by atoms with van der Waals surface area (Å²) in [5, 5.41) is 0. The van der Waals surface area contributed by atoms with Crippen molar-refractivity contribution in [2.24, 2.45) is 5.73 Å². The van der Waals surface area contributed by atoms with E-state index < -0.39 is 11.9 Å². The molecular weight excluding hydrogens is 293 g/mol. The second-order valence-electron chi connectivity index (χ2n) is 5.80. The van der Waals surface area contributed by atoms with Crippen molar-refractivity contribution in [2.75, 3.05) is 26.0 Å². The van der Waals surface area contributed by atoms with E-state index in [0.29, 0.717) is 12.1 Å². The number of rotatable bonds is 6. The molecule has 0 saturated heterocycles. The van der Waals surface area contributed by atoms with Crippen LogP contribution >= 0.6 is 0 Å². The van der Waals surface area contributed by atoms with E-state index >= 15 is 0 Å². The lowest BCUT2D eigenvalue weighted by Gasteiger charge is -2.28. The Bertz CT molecular complexity index is 687. The average Bonchev–Trinajstić information content (AvgIpc) is 2.47. The highest BCUT2D eigenvalue weighted by atomic mass is 19.1. The second kappa shape index (κ2) is 7.24. The van der Waals surface area contributed by atoms with Gasteiger partial charge in [-0.1, -0.05) is 30.3 Å². The van der Waals surface area contributed by atoms with Gasteiger partial charge < -0.3 is 10.6 Å². The quantitative estimate of drug-likeness (QED) is 0.891. The monoisotopic (exact) mass is 315 g/mol. The lowest BCUT2D eigenvalue weighted by Crippen LogP contribution is -2.35. The van der Waals surface area contributed by atoms with Gasteiger partial charge in [0.1, 0.15) is 11.9 Å². The molecular formula is C18H22FN3O. The Morgan fingerprint density at radius 1 is 1.13 bits per heavy atom. The second-order valence-corrected chi connectivity index (χ2v) is 5.80. The molecule has 0 aliphatic carbocycles. The van der Waals surface area contributed by atoms with E-state index in [0.717, 1.165) is 11.3 Å². The molecule has 0 spiro atoms. The molecule has 2 rings (SSSR count). The summed E-state index contributed by atoms with van der Waals surface area (Å²) in [4.78, 5) is 15.8. The summed E-state index contributed by atoms with van der Waals surface area (Å²) in [5.41, 5.74) is 8.26. The normalized spacial score (nSPS) is 12.2. The summed E-state index contributed by atoms with van der Waals surface area (Å²) in [6.45, 7) is 0.526. The number of carbonyl (C=O) groups is 1. The fraction of sp³-hybridized carbons (Fsp3) is 0.278. The summed E-state index contributed by atoms with van der Waals surface area (Å²) in [7, 11) is 5.75. The van der Waals surface area contributed by atoms with Gasteiger partial charge in [-0.05, 0) is 36.4 Å². The van der Waals surface area contributed by atoms with Crippen molar-refractivity contribution in [1.29, 1.82) is 0 Å². The molecule has 0 aliphatic rings. The number of primary amides is 1. The van der Waals surface area contributed by atoms with Gasteiger partial charge in [-0.15, -0.1) is 0 Å². The number of hydrogen-bond acceptors (Lipinski definition) is 3. The minimum absolute atomic E-state index is 0.379. The van der Waals surface area contributed by atoms with Crippen LogP contribution in [0.2, 0.25) is 0 Å². The van der Waals surface area contributed by atoms with Crippen LogP contribution in [-0.2, 0) is 11.3 Å². The summed E-state index contributed by atoms with van der Waals surface area (Å²) >= 11 is 0. The number of likely N-dealkylation sites (N-methyl/N-ethyl adjacent to an activating group) is 1. The fourth-order valence-corrected chi connectivity index (χ4v) is 2.75. The van der Waals surface area contributed by atoms with Crippen molar-refractivity contribution in [3.63, 3.8) is 0 Å². The van der Waals surface area contributed by atoms with E-state index in [9.17, 15) is 9.18 Å². The van der Waals surface area contributed by atoms with Crippen LogP contribution in [0.3, 0.4) is 0 Å². The lowest BCUT2D eigenvalue weighted by atomic mass is 10.0. The van der Waals surface area contributed by atoms with Crippen molar-refractivity contribution in [3.8, 4) is 0 Å². The number of halogens is 1. The predicted molar refractivity (Wildman–Crippen MR) is 90.6 cm³/mol. The van der Waals surface area contributed by atoms with Gasteiger partial charge in [-0.2, -0.15) is 0 Å². The SMILES string of the molecule is CN(C)c1ccccc1CN(C)[C@@H](C(N)=O)c1cccc(F)c1. The van der Waals surface area contributed by atoms with Crippen LogP contribution in [0.15, 0.2) is 48.5 Å². The first-order valence-electron chi connectivity index (χ1n) is 7.40. The fourth-order valence-electron chi connectivity index (χ4n) is 2.75. The van der Waals surface area contributed by atoms with Crippen molar-refractivity contribution in [3.05, 3.63) is 65.5 Å². The molecule has 1 atom stereocenters. The van der Waals surface area contributed by atoms with Gasteiger partial charge in [-0.25, -0.2) is 4.39 Å². The van der Waals surface area contributed by atoms with Crippen molar-refractivity contribution in [2.45, 2.75) is 12.6 Å². The van der Waals surface area contributed by atoms with E-state index in [4.69, 9.17) is 5.73 Å². The van der Waals surface area contributed by atoms with Crippen LogP contribution in [0.5, 0.6) is 0 Å². The van der Waals surface area contributed by atoms with E-state index in [-0.39, 0.29) is 5.82 Å². The van der Waals surface area contributed by atoms with Gasteiger partial charge in [0.25, 0.3) is 0 Å². The van der Waals surface area contributed by atoms with Gasteiger partial charge in [0.15, 0.2) is 0 Å². The van der Waals surface area contributed by atoms with E-state index in [1.165, 1.54) is 12.1 Å². The first-order chi connectivity index (χ1) is 10.9. The molecule has 0 heterocycles. The van der Waals surface area contributed by atoms with Gasteiger partial charge in [0.05, 0.1) is 0 Å². The molecule has 0 aromatic heterocycles. The molecule has 0 radical (unpaired) electrons. The van der Waals surface area contributed by atoms with Gasteiger partial charge in [0, 0.05) is 26.3 Å². The zero-order valence-corrected chi connectivity index (χ0v) is 13.7. The molecule has 1 amide bonds. The number of para-hydroxylation sites is 1. The maximum absolute atomic E-state index is 13.5. The highest BCUT2D eigenvalue weighted by molar-refractivity contribution is 5.81. The maximum atomic E-state index is 13.5. The van der Waals surface area contributed by atoms with Crippen LogP contribution in [0, 0.1) is 5.82 Å². The standard InChI is InChI=1S/C18H22FN3O/c1-21(2)16-10-5-4-7-14(16)12-22(3)17(18(20)23)13-8-6-9-15(19)11-13/h4-11,17H,12H2,1-3H3,(H2,20,23)/t17-/m1/s1. The van der Waals surface area contributed by atoms with Crippen molar-refractivity contribution in [1.82, 2.24) is 4.90 Å². The molecule has 4 nitrogen and oxygen atoms in total. The summed E-state index contributed by atoms with van der Waals surface area (Å²) in [5.74, 6) is -0.878. The number of nitrogens with zero attached hydrogens (tertiary/aromatic N) is 2. The largest absolute Gasteiger partial charge is 0.377 e. The third-order valence-electron chi connectivity index (χ3n) is 3.77. The number of carbonyl (C=O) groups excluding carboxylic acids is 1. The predicted octanol–water partition coefficient (Wildman–Crippen LogP) is 2.55. The number of nitrogens with two attached hydrogens (primary N) is 1. The number of anilines is 1. The highest BCUT2D eigenvalue weighted by Gasteiger charge is 2.24. The smallest absolute Gasteiger partial charge is 0.239 e. The lowest BCUT2D eigenvalue weighted by molar-refractivity contribution is -0.123. The van der Waals surface area contributed by atoms with Crippen LogP contribution in [0.1, 0.15) is 17.2 Å². The van der Waals surface area contributed by atoms with Crippen molar-refractivity contribution < 1.29 is 9.18 Å². The molecule has 0 aliphatic heterocycles. The van der Waals surface area contributed by atoms with Gasteiger partial charge in [-0.3, -0.25) is 9.69 Å². The minimum Gasteiger partial charge on any atom is -0.377 e. The van der Waals surface area contributed by atoms with Crippen LogP contribution < -0.4 is 10.6 Å². The average molecular weight is 315 g/mol. The Morgan fingerprint density at radius 3 is 2.43 bits per heavy atom. The maximum Gasteiger partial charge on any atom is 0.239 e. The van der Waals surface area contributed by atoms with E-state index in [1.54, 1.807) is 12.1 Å². The molecule has 0 fully saturated rings. The summed E-state index contributed by atoms with van der Waals surface area (Å²) < 4.78 is 13.5. The molecule has 23 heavy (non-hydrogen) atoms. The Hall–Kier alpha value is -2.40. The number of benzene rings is 2. The highest BCUT2D eigenvalue weighted by Crippen LogP contribution is 2.25. The molecule has 2 aromatic carbocycles. The van der Waals surface area contributed by atoms with Crippen LogP contribution in [0.25, 0.3) is 0 Å². The minimum atomic E-state index is -0.680. The first kappa shape index (κ1) is 17.0. The van der Waals surface area contributed by atoms with Crippen LogP contribution in [0.4, 0.5) is 10.1 Å². The van der Waals surface area contributed by atoms with E-state index in [1.807, 2.05) is 55.2 Å². The Kier molecular flexibility index (Phi) is 5.34. The molecule has 5 heteroatoms. The molecule has 0 saturated carbocycles. The molecule has 122 valence electrons. The van der Waals surface area contributed by atoms with Gasteiger partial charge in [0.2, 0.25) is 5.91 Å². The molecule has 0 bridgehead atoms. The third-order valence-corrected chi connectivity index (χ3v) is 3.77. The van der Waals surface area contributed by atoms with Crippen molar-refractivity contribution >= 4 is 11.6 Å². The van der Waals surface area contributed by atoms with Crippen LogP contribution in [-0.4, -0.2) is 32.0 Å². The third kappa shape index (κ3) is 4.07. The Labute approximate surface area is 136 Å². The Balaban J connectivity index is 2.30. The zero-order valence-electron chi connectivity index (χ0n) is 13.7. The van der Waals surface area contributed by atoms with Gasteiger partial charge >= 0.3 is 0 Å². The first-order valence-corrected chi connectivity index (χ1v) is 7.40. The Morgan fingerprint density at radius 2 is 1.83 bits per heavy atom. The summed E-state index contributed by atoms with van der Waals surface area (Å²) in [6.07, 6.45) is 0. The summed E-state index contributed by atoms with van der Waals surface area (Å²) in [6, 6.07) is 13.3.